The Balaban J connectivity index is 1.71. The number of aromatic amines is 2. The zero-order chi connectivity index (χ0) is 18.2. The Morgan fingerprint density at radius 3 is 1.78 bits per heavy atom. The Morgan fingerprint density at radius 1 is 0.667 bits per heavy atom. The van der Waals surface area contributed by atoms with Gasteiger partial charge in [0.25, 0.3) is 0 Å². The molecule has 5 aromatic rings. The van der Waals surface area contributed by atoms with E-state index in [0.29, 0.717) is 0 Å². The van der Waals surface area contributed by atoms with Crippen molar-refractivity contribution in [2.45, 2.75) is 12.3 Å². The fourth-order valence-electron chi connectivity index (χ4n) is 4.13. The summed E-state index contributed by atoms with van der Waals surface area (Å²) < 4.78 is 0. The van der Waals surface area contributed by atoms with Crippen LogP contribution >= 0.6 is 0 Å². The molecule has 2 aromatic heterocycles. The molecule has 3 heteroatoms. The van der Waals surface area contributed by atoms with Crippen molar-refractivity contribution in [1.82, 2.24) is 9.97 Å². The molecular weight excluding hydrogens is 330 g/mol. The molecule has 132 valence electrons. The molecule has 0 spiro atoms. The van der Waals surface area contributed by atoms with Crippen LogP contribution in [0.3, 0.4) is 0 Å². The number of H-pyrrole nitrogens is 2. The van der Waals surface area contributed by atoms with Crippen LogP contribution in [0.4, 0.5) is 5.69 Å². The van der Waals surface area contributed by atoms with Crippen LogP contribution in [0.25, 0.3) is 21.8 Å². The number of aromatic nitrogens is 2. The maximum atomic E-state index is 4.25. The van der Waals surface area contributed by atoms with Gasteiger partial charge in [-0.15, -0.1) is 0 Å². The highest BCUT2D eigenvalue weighted by molar-refractivity contribution is 5.88. The van der Waals surface area contributed by atoms with Gasteiger partial charge in [-0.05, 0) is 35.7 Å². The first-order chi connectivity index (χ1) is 13.3. The molecule has 3 aromatic carbocycles. The lowest BCUT2D eigenvalue weighted by Crippen LogP contribution is -2.41. The zero-order valence-electron chi connectivity index (χ0n) is 15.1. The fraction of sp³-hybridized carbons (Fsp3) is 0.0833. The van der Waals surface area contributed by atoms with Gasteiger partial charge in [0.05, 0.1) is 0 Å². The van der Waals surface area contributed by atoms with E-state index in [0.717, 1.165) is 12.1 Å². The fourth-order valence-corrected chi connectivity index (χ4v) is 4.13. The minimum atomic E-state index is 0.250. The van der Waals surface area contributed by atoms with Crippen LogP contribution in [0.2, 0.25) is 0 Å². The Bertz CT molecular complexity index is 1150. The zero-order valence-corrected chi connectivity index (χ0v) is 15.1. The molecule has 27 heavy (non-hydrogen) atoms. The molecule has 0 aliphatic rings. The number of fused-ring (bicyclic) bond motifs is 2. The summed E-state index contributed by atoms with van der Waals surface area (Å²) in [4.78, 5) is 6.91. The topological polar surface area (TPSA) is 59.2 Å². The van der Waals surface area contributed by atoms with E-state index in [-0.39, 0.29) is 5.92 Å². The molecule has 0 aliphatic carbocycles. The second-order valence-electron chi connectivity index (χ2n) is 7.10. The highest BCUT2D eigenvalue weighted by Gasteiger charge is 2.22. The number of hydrogen-bond acceptors (Lipinski definition) is 0. The van der Waals surface area contributed by atoms with Crippen LogP contribution in [0.15, 0.2) is 85.2 Å². The van der Waals surface area contributed by atoms with Crippen molar-refractivity contribution in [3.05, 3.63) is 102 Å². The average molecular weight is 352 g/mol. The van der Waals surface area contributed by atoms with Gasteiger partial charge in [-0.25, -0.2) is 0 Å². The van der Waals surface area contributed by atoms with E-state index >= 15 is 0 Å². The molecule has 2 heterocycles. The molecular formula is C24H22N3+. The van der Waals surface area contributed by atoms with Gasteiger partial charge in [0.2, 0.25) is 0 Å². The first kappa shape index (κ1) is 15.9. The van der Waals surface area contributed by atoms with Crippen molar-refractivity contribution < 1.29 is 5.73 Å². The highest BCUT2D eigenvalue weighted by atomic mass is 14.7. The number of nitrogens with one attached hydrogen (secondary N) is 2. The predicted molar refractivity (Wildman–Crippen MR) is 111 cm³/mol. The van der Waals surface area contributed by atoms with Gasteiger partial charge in [0, 0.05) is 45.7 Å². The quantitative estimate of drug-likeness (QED) is 0.412. The lowest BCUT2D eigenvalue weighted by atomic mass is 9.85. The van der Waals surface area contributed by atoms with Crippen molar-refractivity contribution in [3.63, 3.8) is 0 Å². The number of benzene rings is 3. The van der Waals surface area contributed by atoms with Crippen LogP contribution in [-0.4, -0.2) is 9.97 Å². The summed E-state index contributed by atoms with van der Waals surface area (Å²) in [6.07, 6.45) is 5.26. The Labute approximate surface area is 157 Å². The van der Waals surface area contributed by atoms with E-state index in [4.69, 9.17) is 0 Å². The van der Waals surface area contributed by atoms with Crippen LogP contribution in [-0.2, 0) is 6.42 Å². The third-order valence-corrected chi connectivity index (χ3v) is 5.54. The molecule has 0 aliphatic heterocycles. The highest BCUT2D eigenvalue weighted by Crippen LogP contribution is 2.37. The summed E-state index contributed by atoms with van der Waals surface area (Å²) in [5.74, 6) is 0.250. The Hall–Kier alpha value is -3.30. The van der Waals surface area contributed by atoms with Crippen LogP contribution in [0.1, 0.15) is 22.6 Å². The first-order valence-corrected chi connectivity index (χ1v) is 9.33. The molecule has 0 amide bonds. The van der Waals surface area contributed by atoms with Gasteiger partial charge < -0.3 is 15.7 Å². The molecule has 0 saturated carbocycles. The molecule has 0 atom stereocenters. The minimum absolute atomic E-state index is 0.250. The molecule has 0 fully saturated rings. The Morgan fingerprint density at radius 2 is 1.19 bits per heavy atom. The van der Waals surface area contributed by atoms with Gasteiger partial charge in [0.15, 0.2) is 0 Å². The first-order valence-electron chi connectivity index (χ1n) is 9.33. The number of para-hydroxylation sites is 2. The summed E-state index contributed by atoms with van der Waals surface area (Å²) in [7, 11) is 0. The maximum absolute atomic E-state index is 4.25. The largest absolute Gasteiger partial charge is 0.361 e. The van der Waals surface area contributed by atoms with Gasteiger partial charge in [-0.1, -0.05) is 54.6 Å². The molecule has 0 saturated heterocycles. The second-order valence-corrected chi connectivity index (χ2v) is 7.10. The monoisotopic (exact) mass is 352 g/mol. The van der Waals surface area contributed by atoms with Gasteiger partial charge in [0.1, 0.15) is 5.69 Å². The maximum Gasteiger partial charge on any atom is 0.131 e. The van der Waals surface area contributed by atoms with Crippen LogP contribution < -0.4 is 5.73 Å². The standard InChI is InChI=1S/C24H21N3/c25-22-10-4-1-7-16(22)13-19(20-14-26-23-11-5-2-8-17(20)23)21-15-27-24-12-6-3-9-18(21)24/h1-12,14-15,19,26-27H,13,25H2/p+1. The average Bonchev–Trinajstić information content (AvgIpc) is 3.32. The van der Waals surface area contributed by atoms with Crippen molar-refractivity contribution in [2.75, 3.05) is 0 Å². The third kappa shape index (κ3) is 2.73. The predicted octanol–water partition coefficient (Wildman–Crippen LogP) is 4.90. The van der Waals surface area contributed by atoms with Crippen molar-refractivity contribution in [2.24, 2.45) is 0 Å². The summed E-state index contributed by atoms with van der Waals surface area (Å²) >= 11 is 0. The lowest BCUT2D eigenvalue weighted by Gasteiger charge is -2.17. The van der Waals surface area contributed by atoms with Gasteiger partial charge >= 0.3 is 0 Å². The molecule has 5 N–H and O–H groups in total. The van der Waals surface area contributed by atoms with Crippen molar-refractivity contribution in [1.29, 1.82) is 0 Å². The van der Waals surface area contributed by atoms with E-state index in [1.165, 1.54) is 38.5 Å². The van der Waals surface area contributed by atoms with Crippen LogP contribution in [0, 0.1) is 0 Å². The van der Waals surface area contributed by atoms with Crippen LogP contribution in [0.5, 0.6) is 0 Å². The molecule has 0 unspecified atom stereocenters. The third-order valence-electron chi connectivity index (χ3n) is 5.54. The smallest absolute Gasteiger partial charge is 0.131 e. The second kappa shape index (κ2) is 6.45. The summed E-state index contributed by atoms with van der Waals surface area (Å²) in [5, 5.41) is 2.57. The van der Waals surface area contributed by atoms with Gasteiger partial charge in [-0.2, -0.15) is 0 Å². The molecule has 0 bridgehead atoms. The number of hydrogen-bond donors (Lipinski definition) is 3. The Kier molecular flexibility index (Phi) is 3.80. The molecule has 3 nitrogen and oxygen atoms in total. The summed E-state index contributed by atoms with van der Waals surface area (Å²) in [6, 6.07) is 25.5. The van der Waals surface area contributed by atoms with E-state index in [9.17, 15) is 0 Å². The van der Waals surface area contributed by atoms with Crippen molar-refractivity contribution in [3.8, 4) is 0 Å². The number of quaternary nitrogens is 1. The van der Waals surface area contributed by atoms with E-state index < -0.39 is 0 Å². The summed E-state index contributed by atoms with van der Waals surface area (Å²) in [6.45, 7) is 0. The lowest BCUT2D eigenvalue weighted by molar-refractivity contribution is -0.255. The molecule has 0 radical (unpaired) electrons. The van der Waals surface area contributed by atoms with Crippen molar-refractivity contribution >= 4 is 27.5 Å². The SMILES string of the molecule is [NH3+]c1ccccc1CC(c1c[nH]c2ccccc12)c1c[nH]c2ccccc12. The van der Waals surface area contributed by atoms with Gasteiger partial charge in [-0.3, -0.25) is 0 Å². The van der Waals surface area contributed by atoms with E-state index in [2.05, 4.69) is 101 Å². The molecule has 5 rings (SSSR count). The normalized spacial score (nSPS) is 11.6. The number of rotatable bonds is 4. The van der Waals surface area contributed by atoms with E-state index in [1.807, 2.05) is 0 Å². The van der Waals surface area contributed by atoms with E-state index in [1.54, 1.807) is 0 Å². The summed E-state index contributed by atoms with van der Waals surface area (Å²) in [5.41, 5.74) is 11.7. The minimum Gasteiger partial charge on any atom is -0.361 e.